The molecular formula is C15H17FN2O. The van der Waals surface area contributed by atoms with Gasteiger partial charge in [0.05, 0.1) is 0 Å². The van der Waals surface area contributed by atoms with Gasteiger partial charge in [-0.1, -0.05) is 13.0 Å². The van der Waals surface area contributed by atoms with Gasteiger partial charge in [-0.15, -0.1) is 0 Å². The van der Waals surface area contributed by atoms with E-state index in [0.29, 0.717) is 11.6 Å². The monoisotopic (exact) mass is 260 g/mol. The fraction of sp³-hybridized carbons (Fsp3) is 0.267. The Morgan fingerprint density at radius 1 is 1.16 bits per heavy atom. The minimum atomic E-state index is -0.280. The van der Waals surface area contributed by atoms with Crippen LogP contribution in [-0.4, -0.2) is 11.5 Å². The second-order valence-corrected chi connectivity index (χ2v) is 4.23. The molecule has 1 N–H and O–H groups in total. The minimum absolute atomic E-state index is 0.280. The fourth-order valence-electron chi connectivity index (χ4n) is 1.69. The number of nitrogens with one attached hydrogen (secondary N) is 1. The Kier molecular flexibility index (Phi) is 4.47. The average Bonchev–Trinajstić information content (AvgIpc) is 2.41. The van der Waals surface area contributed by atoms with Crippen molar-refractivity contribution >= 4 is 0 Å². The van der Waals surface area contributed by atoms with E-state index in [2.05, 4.69) is 17.2 Å². The van der Waals surface area contributed by atoms with Gasteiger partial charge in [-0.3, -0.25) is 0 Å². The van der Waals surface area contributed by atoms with E-state index >= 15 is 0 Å². The molecule has 0 atom stereocenters. The van der Waals surface area contributed by atoms with E-state index in [1.54, 1.807) is 12.1 Å². The molecular weight excluding hydrogens is 243 g/mol. The molecule has 0 aliphatic carbocycles. The maximum atomic E-state index is 12.8. The summed E-state index contributed by atoms with van der Waals surface area (Å²) < 4.78 is 18.4. The van der Waals surface area contributed by atoms with Crippen LogP contribution in [0.2, 0.25) is 0 Å². The van der Waals surface area contributed by atoms with E-state index in [0.717, 1.165) is 24.3 Å². The minimum Gasteiger partial charge on any atom is -0.439 e. The quantitative estimate of drug-likeness (QED) is 0.894. The number of pyridine rings is 1. The van der Waals surface area contributed by atoms with E-state index < -0.39 is 0 Å². The maximum absolute atomic E-state index is 12.8. The Hall–Kier alpha value is -1.94. The number of aromatic nitrogens is 1. The summed E-state index contributed by atoms with van der Waals surface area (Å²) in [4.78, 5) is 4.39. The molecule has 0 unspecified atom stereocenters. The lowest BCUT2D eigenvalue weighted by atomic mass is 10.2. The topological polar surface area (TPSA) is 34.1 Å². The number of hydrogen-bond acceptors (Lipinski definition) is 3. The van der Waals surface area contributed by atoms with Crippen LogP contribution in [0.25, 0.3) is 0 Å². The molecule has 1 aromatic heterocycles. The van der Waals surface area contributed by atoms with E-state index in [1.165, 1.54) is 12.1 Å². The first kappa shape index (κ1) is 13.5. The van der Waals surface area contributed by atoms with Gasteiger partial charge in [-0.25, -0.2) is 9.37 Å². The third kappa shape index (κ3) is 3.76. The molecule has 2 rings (SSSR count). The zero-order chi connectivity index (χ0) is 13.7. The fourth-order valence-corrected chi connectivity index (χ4v) is 1.69. The van der Waals surface area contributed by atoms with Crippen LogP contribution in [0.1, 0.15) is 18.2 Å². The zero-order valence-corrected chi connectivity index (χ0v) is 11.1. The smallest absolute Gasteiger partial charge is 0.219 e. The predicted octanol–water partition coefficient (Wildman–Crippen LogP) is 3.43. The second-order valence-electron chi connectivity index (χ2n) is 4.23. The van der Waals surface area contributed by atoms with Crippen molar-refractivity contribution in [1.29, 1.82) is 0 Å². The van der Waals surface area contributed by atoms with Crippen molar-refractivity contribution < 1.29 is 9.13 Å². The first-order valence-corrected chi connectivity index (χ1v) is 6.29. The molecule has 0 radical (unpaired) electrons. The van der Waals surface area contributed by atoms with Crippen LogP contribution >= 0.6 is 0 Å². The third-order valence-electron chi connectivity index (χ3n) is 2.77. The zero-order valence-electron chi connectivity index (χ0n) is 11.1. The summed E-state index contributed by atoms with van der Waals surface area (Å²) in [5.74, 6) is 0.814. The number of ether oxygens (including phenoxy) is 1. The van der Waals surface area contributed by atoms with Crippen LogP contribution in [0.3, 0.4) is 0 Å². The van der Waals surface area contributed by atoms with Crippen molar-refractivity contribution in [3.8, 4) is 11.6 Å². The van der Waals surface area contributed by atoms with Gasteiger partial charge in [0.15, 0.2) is 0 Å². The molecule has 0 aliphatic rings. The molecule has 0 spiro atoms. The van der Waals surface area contributed by atoms with Crippen LogP contribution < -0.4 is 10.1 Å². The van der Waals surface area contributed by atoms with Crippen LogP contribution in [0, 0.1) is 12.7 Å². The summed E-state index contributed by atoms with van der Waals surface area (Å²) in [6.07, 6.45) is 0. The normalized spacial score (nSPS) is 10.5. The molecule has 1 aromatic carbocycles. The second kappa shape index (κ2) is 6.29. The van der Waals surface area contributed by atoms with E-state index in [9.17, 15) is 4.39 Å². The Morgan fingerprint density at radius 3 is 2.53 bits per heavy atom. The van der Waals surface area contributed by atoms with E-state index in [1.807, 2.05) is 19.1 Å². The predicted molar refractivity (Wildman–Crippen MR) is 72.8 cm³/mol. The van der Waals surface area contributed by atoms with Crippen molar-refractivity contribution in [3.63, 3.8) is 0 Å². The maximum Gasteiger partial charge on any atom is 0.219 e. The van der Waals surface area contributed by atoms with Crippen molar-refractivity contribution in [1.82, 2.24) is 10.3 Å². The number of aryl methyl sites for hydroxylation is 1. The number of benzene rings is 1. The lowest BCUT2D eigenvalue weighted by Gasteiger charge is -2.09. The summed E-state index contributed by atoms with van der Waals surface area (Å²) in [7, 11) is 0. The van der Waals surface area contributed by atoms with Gasteiger partial charge in [0.1, 0.15) is 11.6 Å². The molecule has 19 heavy (non-hydrogen) atoms. The van der Waals surface area contributed by atoms with E-state index in [-0.39, 0.29) is 5.82 Å². The highest BCUT2D eigenvalue weighted by Crippen LogP contribution is 2.21. The van der Waals surface area contributed by atoms with Crippen molar-refractivity contribution in [3.05, 3.63) is 53.5 Å². The molecule has 0 saturated carbocycles. The third-order valence-corrected chi connectivity index (χ3v) is 2.77. The van der Waals surface area contributed by atoms with Crippen LogP contribution in [0.5, 0.6) is 11.6 Å². The standard InChI is InChI=1S/C15H17FN2O/c1-3-17-10-12-4-9-15(18-11(12)2)19-14-7-5-13(16)6-8-14/h4-9,17H,3,10H2,1-2H3. The van der Waals surface area contributed by atoms with Gasteiger partial charge < -0.3 is 10.1 Å². The summed E-state index contributed by atoms with van der Waals surface area (Å²) >= 11 is 0. The average molecular weight is 260 g/mol. The SMILES string of the molecule is CCNCc1ccc(Oc2ccc(F)cc2)nc1C. The van der Waals surface area contributed by atoms with Gasteiger partial charge in [0, 0.05) is 18.3 Å². The summed E-state index contributed by atoms with van der Waals surface area (Å²) in [6.45, 7) is 5.73. The highest BCUT2D eigenvalue weighted by Gasteiger charge is 2.03. The molecule has 0 amide bonds. The Labute approximate surface area is 112 Å². The molecule has 4 heteroatoms. The summed E-state index contributed by atoms with van der Waals surface area (Å²) in [6, 6.07) is 9.70. The molecule has 0 fully saturated rings. The molecule has 3 nitrogen and oxygen atoms in total. The van der Waals surface area contributed by atoms with Gasteiger partial charge >= 0.3 is 0 Å². The van der Waals surface area contributed by atoms with Gasteiger partial charge in [0.2, 0.25) is 5.88 Å². The molecule has 0 bridgehead atoms. The molecule has 0 aliphatic heterocycles. The van der Waals surface area contributed by atoms with Crippen LogP contribution in [0.15, 0.2) is 36.4 Å². The number of hydrogen-bond donors (Lipinski definition) is 1. The number of rotatable bonds is 5. The first-order valence-electron chi connectivity index (χ1n) is 6.29. The van der Waals surface area contributed by atoms with Crippen molar-refractivity contribution in [2.75, 3.05) is 6.54 Å². The summed E-state index contributed by atoms with van der Waals surface area (Å²) in [5, 5.41) is 3.26. The van der Waals surface area contributed by atoms with Crippen molar-refractivity contribution in [2.24, 2.45) is 0 Å². The van der Waals surface area contributed by atoms with Gasteiger partial charge in [-0.2, -0.15) is 0 Å². The molecule has 100 valence electrons. The highest BCUT2D eigenvalue weighted by atomic mass is 19.1. The van der Waals surface area contributed by atoms with Gasteiger partial charge in [-0.05, 0) is 43.3 Å². The van der Waals surface area contributed by atoms with Crippen molar-refractivity contribution in [2.45, 2.75) is 20.4 Å². The van der Waals surface area contributed by atoms with Crippen LogP contribution in [0.4, 0.5) is 4.39 Å². The first-order chi connectivity index (χ1) is 9.19. The van der Waals surface area contributed by atoms with Crippen LogP contribution in [-0.2, 0) is 6.54 Å². The Balaban J connectivity index is 2.09. The Morgan fingerprint density at radius 2 is 1.89 bits per heavy atom. The van der Waals surface area contributed by atoms with Gasteiger partial charge in [0.25, 0.3) is 0 Å². The molecule has 0 saturated heterocycles. The molecule has 2 aromatic rings. The van der Waals surface area contributed by atoms with E-state index in [4.69, 9.17) is 4.74 Å². The Bertz CT molecular complexity index is 540. The lowest BCUT2D eigenvalue weighted by Crippen LogP contribution is -2.13. The number of halogens is 1. The highest BCUT2D eigenvalue weighted by molar-refractivity contribution is 5.30. The molecule has 1 heterocycles. The number of nitrogens with zero attached hydrogens (tertiary/aromatic N) is 1. The largest absolute Gasteiger partial charge is 0.439 e. The lowest BCUT2D eigenvalue weighted by molar-refractivity contribution is 0.459. The summed E-state index contributed by atoms with van der Waals surface area (Å²) in [5.41, 5.74) is 2.08.